The topological polar surface area (TPSA) is 84.2 Å². The van der Waals surface area contributed by atoms with E-state index in [2.05, 4.69) is 5.32 Å². The molecule has 0 saturated heterocycles. The lowest BCUT2D eigenvalue weighted by molar-refractivity contribution is -0.129. The predicted octanol–water partition coefficient (Wildman–Crippen LogP) is -0.317. The molecule has 0 radical (unpaired) electrons. The van der Waals surface area contributed by atoms with Crippen molar-refractivity contribution in [1.82, 2.24) is 10.7 Å². The van der Waals surface area contributed by atoms with Crippen molar-refractivity contribution in [3.63, 3.8) is 0 Å². The molecule has 1 rings (SSSR count). The lowest BCUT2D eigenvalue weighted by Gasteiger charge is -2.04. The molecule has 4 N–H and O–H groups in total. The zero-order valence-electron chi connectivity index (χ0n) is 8.19. The van der Waals surface area contributed by atoms with Gasteiger partial charge < -0.3 is 5.32 Å². The van der Waals surface area contributed by atoms with Gasteiger partial charge in [0.1, 0.15) is 6.42 Å². The first-order valence-corrected chi connectivity index (χ1v) is 4.52. The molecule has 1 aromatic rings. The summed E-state index contributed by atoms with van der Waals surface area (Å²) in [6, 6.07) is 9.45. The lowest BCUT2D eigenvalue weighted by Crippen LogP contribution is -2.35. The Morgan fingerprint density at radius 1 is 1.13 bits per heavy atom. The molecular weight excluding hydrogens is 194 g/mol. The summed E-state index contributed by atoms with van der Waals surface area (Å²) in [5, 5.41) is 2.61. The second kappa shape index (κ2) is 5.77. The van der Waals surface area contributed by atoms with E-state index in [4.69, 9.17) is 5.84 Å². The van der Waals surface area contributed by atoms with E-state index in [0.29, 0.717) is 6.54 Å². The highest BCUT2D eigenvalue weighted by Gasteiger charge is 2.06. The molecule has 0 fully saturated rings. The van der Waals surface area contributed by atoms with Crippen LogP contribution in [0.25, 0.3) is 0 Å². The van der Waals surface area contributed by atoms with Crippen LogP contribution in [0.1, 0.15) is 12.0 Å². The summed E-state index contributed by atoms with van der Waals surface area (Å²) in [6.07, 6.45) is -0.247. The average molecular weight is 207 g/mol. The molecule has 0 spiro atoms. The van der Waals surface area contributed by atoms with Crippen LogP contribution < -0.4 is 16.6 Å². The van der Waals surface area contributed by atoms with E-state index in [1.165, 1.54) is 0 Å². The minimum atomic E-state index is -0.499. The third-order valence-electron chi connectivity index (χ3n) is 1.81. The number of carbonyl (C=O) groups is 2. The number of nitrogens with two attached hydrogens (primary N) is 1. The fourth-order valence-electron chi connectivity index (χ4n) is 1.06. The Bertz CT molecular complexity index is 338. The third-order valence-corrected chi connectivity index (χ3v) is 1.81. The largest absolute Gasteiger partial charge is 0.352 e. The second-order valence-corrected chi connectivity index (χ2v) is 3.01. The number of benzene rings is 1. The predicted molar refractivity (Wildman–Crippen MR) is 55.2 cm³/mol. The van der Waals surface area contributed by atoms with Gasteiger partial charge in [-0.05, 0) is 5.56 Å². The number of carbonyl (C=O) groups excluding carboxylic acids is 2. The Labute approximate surface area is 87.6 Å². The van der Waals surface area contributed by atoms with E-state index in [1.54, 1.807) is 0 Å². The first-order valence-electron chi connectivity index (χ1n) is 4.52. The molecule has 0 aliphatic carbocycles. The number of rotatable bonds is 4. The smallest absolute Gasteiger partial charge is 0.243 e. The van der Waals surface area contributed by atoms with Crippen LogP contribution in [0.3, 0.4) is 0 Å². The van der Waals surface area contributed by atoms with Crippen LogP contribution in [0.15, 0.2) is 30.3 Å². The van der Waals surface area contributed by atoms with E-state index in [0.717, 1.165) is 5.56 Å². The Morgan fingerprint density at radius 2 is 1.80 bits per heavy atom. The van der Waals surface area contributed by atoms with Crippen molar-refractivity contribution in [1.29, 1.82) is 0 Å². The minimum absolute atomic E-state index is 0.247. The van der Waals surface area contributed by atoms with Crippen LogP contribution in [-0.2, 0) is 16.1 Å². The van der Waals surface area contributed by atoms with Gasteiger partial charge in [0.2, 0.25) is 11.8 Å². The SMILES string of the molecule is NNC(=O)CC(=O)NCc1ccccc1. The maximum Gasteiger partial charge on any atom is 0.243 e. The van der Waals surface area contributed by atoms with Gasteiger partial charge >= 0.3 is 0 Å². The molecule has 5 nitrogen and oxygen atoms in total. The monoisotopic (exact) mass is 207 g/mol. The van der Waals surface area contributed by atoms with Gasteiger partial charge in [-0.2, -0.15) is 0 Å². The maximum absolute atomic E-state index is 11.2. The first-order chi connectivity index (χ1) is 7.22. The van der Waals surface area contributed by atoms with Crippen molar-refractivity contribution in [3.8, 4) is 0 Å². The Balaban J connectivity index is 2.32. The van der Waals surface area contributed by atoms with Crippen molar-refractivity contribution in [2.75, 3.05) is 0 Å². The Hall–Kier alpha value is -1.88. The van der Waals surface area contributed by atoms with E-state index < -0.39 is 5.91 Å². The summed E-state index contributed by atoms with van der Waals surface area (Å²) in [5.74, 6) is 4.00. The summed E-state index contributed by atoms with van der Waals surface area (Å²) in [4.78, 5) is 21.9. The summed E-state index contributed by atoms with van der Waals surface area (Å²) >= 11 is 0. The minimum Gasteiger partial charge on any atom is -0.352 e. The summed E-state index contributed by atoms with van der Waals surface area (Å²) in [5.41, 5.74) is 2.88. The molecule has 1 aromatic carbocycles. The number of hydrazine groups is 1. The first kappa shape index (κ1) is 11.2. The number of hydrogen-bond acceptors (Lipinski definition) is 3. The standard InChI is InChI=1S/C10H13N3O2/c11-13-10(15)6-9(14)12-7-8-4-2-1-3-5-8/h1-5H,6-7,11H2,(H,12,14)(H,13,15). The lowest BCUT2D eigenvalue weighted by atomic mass is 10.2. The average Bonchev–Trinajstić information content (AvgIpc) is 2.27. The molecule has 2 amide bonds. The molecular formula is C10H13N3O2. The number of nitrogens with one attached hydrogen (secondary N) is 2. The van der Waals surface area contributed by atoms with Crippen LogP contribution >= 0.6 is 0 Å². The Morgan fingerprint density at radius 3 is 2.40 bits per heavy atom. The van der Waals surface area contributed by atoms with Crippen molar-refractivity contribution < 1.29 is 9.59 Å². The van der Waals surface area contributed by atoms with Crippen LogP contribution in [0, 0.1) is 0 Å². The van der Waals surface area contributed by atoms with Crippen molar-refractivity contribution in [2.24, 2.45) is 5.84 Å². The molecule has 0 saturated carbocycles. The third kappa shape index (κ3) is 4.24. The van der Waals surface area contributed by atoms with Gasteiger partial charge in [-0.1, -0.05) is 30.3 Å². The summed E-state index contributed by atoms with van der Waals surface area (Å²) in [6.45, 7) is 0.414. The zero-order chi connectivity index (χ0) is 11.1. The van der Waals surface area contributed by atoms with Gasteiger partial charge in [0.05, 0.1) is 0 Å². The highest BCUT2D eigenvalue weighted by molar-refractivity contribution is 5.96. The van der Waals surface area contributed by atoms with E-state index >= 15 is 0 Å². The molecule has 0 unspecified atom stereocenters. The zero-order valence-corrected chi connectivity index (χ0v) is 8.19. The molecule has 0 aromatic heterocycles. The quantitative estimate of drug-likeness (QED) is 0.274. The highest BCUT2D eigenvalue weighted by Crippen LogP contribution is 1.97. The molecule has 5 heteroatoms. The van der Waals surface area contributed by atoms with Gasteiger partial charge in [0.15, 0.2) is 0 Å². The molecule has 80 valence electrons. The van der Waals surface area contributed by atoms with Crippen LogP contribution in [0.2, 0.25) is 0 Å². The van der Waals surface area contributed by atoms with Crippen LogP contribution in [0.5, 0.6) is 0 Å². The normalized spacial score (nSPS) is 9.40. The van der Waals surface area contributed by atoms with E-state index in [1.807, 2.05) is 35.8 Å². The second-order valence-electron chi connectivity index (χ2n) is 3.01. The number of hydrogen-bond donors (Lipinski definition) is 3. The van der Waals surface area contributed by atoms with Crippen LogP contribution in [0.4, 0.5) is 0 Å². The van der Waals surface area contributed by atoms with Gasteiger partial charge in [-0.15, -0.1) is 0 Å². The fraction of sp³-hybridized carbons (Fsp3) is 0.200. The van der Waals surface area contributed by atoms with E-state index in [-0.39, 0.29) is 12.3 Å². The fourth-order valence-corrected chi connectivity index (χ4v) is 1.06. The molecule has 0 heterocycles. The van der Waals surface area contributed by atoms with Crippen molar-refractivity contribution >= 4 is 11.8 Å². The maximum atomic E-state index is 11.2. The van der Waals surface area contributed by atoms with Gasteiger partial charge in [0.25, 0.3) is 0 Å². The highest BCUT2D eigenvalue weighted by atomic mass is 16.2. The van der Waals surface area contributed by atoms with Gasteiger partial charge in [-0.3, -0.25) is 15.0 Å². The molecule has 0 atom stereocenters. The number of amides is 2. The molecule has 0 bridgehead atoms. The molecule has 0 aliphatic rings. The molecule has 15 heavy (non-hydrogen) atoms. The molecule has 0 aliphatic heterocycles. The van der Waals surface area contributed by atoms with Crippen LogP contribution in [-0.4, -0.2) is 11.8 Å². The van der Waals surface area contributed by atoms with Gasteiger partial charge in [-0.25, -0.2) is 5.84 Å². The van der Waals surface area contributed by atoms with Crippen molar-refractivity contribution in [3.05, 3.63) is 35.9 Å². The summed E-state index contributed by atoms with van der Waals surface area (Å²) in [7, 11) is 0. The Kier molecular flexibility index (Phi) is 4.30. The van der Waals surface area contributed by atoms with Crippen molar-refractivity contribution in [2.45, 2.75) is 13.0 Å². The van der Waals surface area contributed by atoms with E-state index in [9.17, 15) is 9.59 Å². The van der Waals surface area contributed by atoms with Gasteiger partial charge in [0, 0.05) is 6.54 Å². The summed E-state index contributed by atoms with van der Waals surface area (Å²) < 4.78 is 0.